The summed E-state index contributed by atoms with van der Waals surface area (Å²) in [6.45, 7) is 4.66. The topological polar surface area (TPSA) is 68.2 Å². The van der Waals surface area contributed by atoms with E-state index in [0.717, 1.165) is 25.9 Å². The van der Waals surface area contributed by atoms with Crippen LogP contribution in [0.4, 0.5) is 0 Å². The Bertz CT molecular complexity index is 478. The Labute approximate surface area is 168 Å². The van der Waals surface area contributed by atoms with E-state index in [1.807, 2.05) is 16.7 Å². The second-order valence-corrected chi connectivity index (χ2v) is 6.80. The highest BCUT2D eigenvalue weighted by Crippen LogP contribution is 2.18. The fourth-order valence-electron chi connectivity index (χ4n) is 3.17. The van der Waals surface area contributed by atoms with Crippen molar-refractivity contribution in [3.63, 3.8) is 0 Å². The van der Waals surface area contributed by atoms with E-state index in [9.17, 15) is 9.59 Å². The fraction of sp³-hybridized carbons (Fsp3) is 0.824. The number of hydrogen-bond donors (Lipinski definition) is 1. The Hall–Kier alpha value is -1.06. The second-order valence-electron chi connectivity index (χ2n) is 6.80. The van der Waals surface area contributed by atoms with Gasteiger partial charge in [0.25, 0.3) is 0 Å². The summed E-state index contributed by atoms with van der Waals surface area (Å²) in [6.07, 6.45) is 6.00. The highest BCUT2D eigenvalue weighted by molar-refractivity contribution is 14.0. The molecular formula is C17H32IN5O2. The van der Waals surface area contributed by atoms with Crippen molar-refractivity contribution in [2.45, 2.75) is 45.1 Å². The summed E-state index contributed by atoms with van der Waals surface area (Å²) < 4.78 is 0. The van der Waals surface area contributed by atoms with E-state index in [0.29, 0.717) is 25.1 Å². The molecule has 0 unspecified atom stereocenters. The van der Waals surface area contributed by atoms with Gasteiger partial charge < -0.3 is 20.0 Å². The van der Waals surface area contributed by atoms with Crippen molar-refractivity contribution in [1.29, 1.82) is 0 Å². The normalized spacial score (nSPS) is 19.5. The Kier molecular flexibility index (Phi) is 9.52. The number of aliphatic imine (C=N–C) groups is 1. The molecular weight excluding hydrogens is 433 g/mol. The van der Waals surface area contributed by atoms with Crippen LogP contribution in [0.5, 0.6) is 0 Å². The van der Waals surface area contributed by atoms with Crippen LogP contribution in [0.1, 0.15) is 39.0 Å². The molecule has 2 amide bonds. The number of piperazine rings is 1. The number of likely N-dealkylation sites (N-methyl/N-ethyl adjacent to an activating group) is 2. The molecule has 0 aromatic carbocycles. The van der Waals surface area contributed by atoms with Crippen LogP contribution >= 0.6 is 24.0 Å². The molecule has 1 saturated heterocycles. The first-order valence-electron chi connectivity index (χ1n) is 9.05. The van der Waals surface area contributed by atoms with E-state index in [2.05, 4.69) is 10.3 Å². The third-order valence-corrected chi connectivity index (χ3v) is 4.80. The van der Waals surface area contributed by atoms with Gasteiger partial charge in [0.2, 0.25) is 11.8 Å². The van der Waals surface area contributed by atoms with Crippen molar-refractivity contribution in [3.05, 3.63) is 0 Å². The number of carbonyl (C=O) groups excluding carboxylic acids is 2. The Morgan fingerprint density at radius 2 is 1.92 bits per heavy atom. The number of halogens is 1. The molecule has 1 aliphatic heterocycles. The van der Waals surface area contributed by atoms with Crippen molar-refractivity contribution in [1.82, 2.24) is 20.0 Å². The highest BCUT2D eigenvalue weighted by atomic mass is 127. The third kappa shape index (κ3) is 6.63. The predicted octanol–water partition coefficient (Wildman–Crippen LogP) is 1.13. The molecule has 0 aromatic heterocycles. The van der Waals surface area contributed by atoms with Crippen LogP contribution in [-0.2, 0) is 9.59 Å². The smallest absolute Gasteiger partial charge is 0.243 e. The van der Waals surface area contributed by atoms with Gasteiger partial charge in [0.05, 0.1) is 6.54 Å². The SMILES string of the molecule is CCN1CCN(C(=NCC(=O)N(C)C)NC2CCCCC2)CC1=O.I. The minimum Gasteiger partial charge on any atom is -0.353 e. The van der Waals surface area contributed by atoms with Crippen LogP contribution < -0.4 is 5.32 Å². The average Bonchev–Trinajstić information content (AvgIpc) is 2.59. The molecule has 1 heterocycles. The van der Waals surface area contributed by atoms with Gasteiger partial charge in [0.15, 0.2) is 5.96 Å². The molecule has 0 spiro atoms. The van der Waals surface area contributed by atoms with Gasteiger partial charge in [-0.15, -0.1) is 24.0 Å². The average molecular weight is 465 g/mol. The van der Waals surface area contributed by atoms with Crippen molar-refractivity contribution < 1.29 is 9.59 Å². The maximum absolute atomic E-state index is 12.2. The van der Waals surface area contributed by atoms with Crippen molar-refractivity contribution in [2.24, 2.45) is 4.99 Å². The number of nitrogens with one attached hydrogen (secondary N) is 1. The molecule has 1 N–H and O–H groups in total. The molecule has 7 nitrogen and oxygen atoms in total. The summed E-state index contributed by atoms with van der Waals surface area (Å²) in [5.41, 5.74) is 0. The largest absolute Gasteiger partial charge is 0.353 e. The van der Waals surface area contributed by atoms with E-state index in [-0.39, 0.29) is 42.3 Å². The number of nitrogens with zero attached hydrogens (tertiary/aromatic N) is 4. The maximum atomic E-state index is 12.2. The lowest BCUT2D eigenvalue weighted by atomic mass is 9.96. The van der Waals surface area contributed by atoms with Gasteiger partial charge in [0, 0.05) is 39.8 Å². The van der Waals surface area contributed by atoms with Crippen LogP contribution in [0.3, 0.4) is 0 Å². The Morgan fingerprint density at radius 3 is 2.48 bits per heavy atom. The Balaban J connectivity index is 0.00000312. The summed E-state index contributed by atoms with van der Waals surface area (Å²) >= 11 is 0. The van der Waals surface area contributed by atoms with Crippen LogP contribution in [0.2, 0.25) is 0 Å². The zero-order chi connectivity index (χ0) is 17.5. The maximum Gasteiger partial charge on any atom is 0.243 e. The first-order valence-corrected chi connectivity index (χ1v) is 9.05. The summed E-state index contributed by atoms with van der Waals surface area (Å²) in [4.78, 5) is 34.0. The van der Waals surface area contributed by atoms with Crippen LogP contribution in [0, 0.1) is 0 Å². The van der Waals surface area contributed by atoms with Gasteiger partial charge in [0.1, 0.15) is 6.54 Å². The van der Waals surface area contributed by atoms with Gasteiger partial charge >= 0.3 is 0 Å². The molecule has 144 valence electrons. The van der Waals surface area contributed by atoms with Gasteiger partial charge in [-0.3, -0.25) is 9.59 Å². The standard InChI is InChI=1S/C17H31N5O2.HI/c1-4-21-10-11-22(13-16(21)24)17(18-12-15(23)20(2)3)19-14-8-6-5-7-9-14;/h14H,4-13H2,1-3H3,(H,18,19);1H. The number of carbonyl (C=O) groups is 2. The first-order chi connectivity index (χ1) is 11.5. The van der Waals surface area contributed by atoms with Crippen molar-refractivity contribution in [3.8, 4) is 0 Å². The quantitative estimate of drug-likeness (QED) is 0.384. The van der Waals surface area contributed by atoms with Crippen LogP contribution in [0.15, 0.2) is 4.99 Å². The van der Waals surface area contributed by atoms with Crippen LogP contribution in [-0.4, -0.2) is 85.3 Å². The monoisotopic (exact) mass is 465 g/mol. The molecule has 25 heavy (non-hydrogen) atoms. The molecule has 2 rings (SSSR count). The fourth-order valence-corrected chi connectivity index (χ4v) is 3.17. The molecule has 0 aromatic rings. The lowest BCUT2D eigenvalue weighted by Gasteiger charge is -2.37. The van der Waals surface area contributed by atoms with Crippen molar-refractivity contribution in [2.75, 3.05) is 46.8 Å². The zero-order valence-electron chi connectivity index (χ0n) is 15.7. The third-order valence-electron chi connectivity index (χ3n) is 4.80. The van der Waals surface area contributed by atoms with Gasteiger partial charge in [-0.2, -0.15) is 0 Å². The molecule has 0 radical (unpaired) electrons. The lowest BCUT2D eigenvalue weighted by Crippen LogP contribution is -2.56. The summed E-state index contributed by atoms with van der Waals surface area (Å²) in [5, 5.41) is 3.51. The first kappa shape index (κ1) is 22.0. The van der Waals surface area contributed by atoms with E-state index < -0.39 is 0 Å². The lowest BCUT2D eigenvalue weighted by molar-refractivity contribution is -0.134. The van der Waals surface area contributed by atoms with E-state index >= 15 is 0 Å². The van der Waals surface area contributed by atoms with Gasteiger partial charge in [-0.05, 0) is 19.8 Å². The molecule has 0 bridgehead atoms. The van der Waals surface area contributed by atoms with Gasteiger partial charge in [-0.1, -0.05) is 19.3 Å². The predicted molar refractivity (Wildman–Crippen MR) is 110 cm³/mol. The number of amides is 2. The number of hydrogen-bond acceptors (Lipinski definition) is 3. The van der Waals surface area contributed by atoms with Gasteiger partial charge in [-0.25, -0.2) is 4.99 Å². The molecule has 8 heteroatoms. The summed E-state index contributed by atoms with van der Waals surface area (Å²) in [5.74, 6) is 0.804. The molecule has 1 saturated carbocycles. The van der Waals surface area contributed by atoms with E-state index in [1.165, 1.54) is 19.3 Å². The van der Waals surface area contributed by atoms with Crippen molar-refractivity contribution >= 4 is 41.8 Å². The number of rotatable bonds is 4. The molecule has 2 fully saturated rings. The Morgan fingerprint density at radius 1 is 1.24 bits per heavy atom. The van der Waals surface area contributed by atoms with Crippen LogP contribution in [0.25, 0.3) is 0 Å². The summed E-state index contributed by atoms with van der Waals surface area (Å²) in [6, 6.07) is 0.395. The molecule has 1 aliphatic carbocycles. The van der Waals surface area contributed by atoms with E-state index in [4.69, 9.17) is 0 Å². The zero-order valence-corrected chi connectivity index (χ0v) is 18.0. The minimum atomic E-state index is -0.0311. The molecule has 0 atom stereocenters. The highest BCUT2D eigenvalue weighted by Gasteiger charge is 2.26. The number of guanidine groups is 1. The summed E-state index contributed by atoms with van der Waals surface area (Å²) in [7, 11) is 3.46. The van der Waals surface area contributed by atoms with E-state index in [1.54, 1.807) is 19.0 Å². The minimum absolute atomic E-state index is 0. The molecule has 2 aliphatic rings. The second kappa shape index (κ2) is 10.8.